The first-order valence-electron chi connectivity index (χ1n) is 10.1. The molecule has 2 unspecified atom stereocenters. The Morgan fingerprint density at radius 3 is 2.55 bits per heavy atom. The van der Waals surface area contributed by atoms with Crippen LogP contribution in [0.1, 0.15) is 35.4 Å². The number of nitrogens with zero attached hydrogens (tertiary/aromatic N) is 3. The summed E-state index contributed by atoms with van der Waals surface area (Å²) in [4.78, 5) is 13.2. The molecular formula is C21H20Br2Cl2N4OSe. The molecule has 0 radical (unpaired) electrons. The van der Waals surface area contributed by atoms with Crippen LogP contribution in [0, 0.1) is 11.8 Å². The van der Waals surface area contributed by atoms with Gasteiger partial charge in [-0.05, 0) is 0 Å². The van der Waals surface area contributed by atoms with Crippen molar-refractivity contribution in [3.63, 3.8) is 0 Å². The van der Waals surface area contributed by atoms with Gasteiger partial charge in [0, 0.05) is 0 Å². The van der Waals surface area contributed by atoms with Crippen LogP contribution in [0.2, 0.25) is 10.0 Å². The summed E-state index contributed by atoms with van der Waals surface area (Å²) >= 11 is 19.3. The van der Waals surface area contributed by atoms with Crippen molar-refractivity contribution < 1.29 is 4.79 Å². The van der Waals surface area contributed by atoms with Crippen LogP contribution < -0.4 is 5.43 Å². The Hall–Kier alpha value is -0.601. The van der Waals surface area contributed by atoms with E-state index >= 15 is 0 Å². The molecule has 2 aliphatic heterocycles. The number of aromatic nitrogens is 2. The van der Waals surface area contributed by atoms with Crippen molar-refractivity contribution in [3.05, 3.63) is 59.6 Å². The van der Waals surface area contributed by atoms with Gasteiger partial charge in [0.15, 0.2) is 0 Å². The van der Waals surface area contributed by atoms with Crippen molar-refractivity contribution in [1.82, 2.24) is 20.2 Å². The fourth-order valence-corrected chi connectivity index (χ4v) is 9.36. The van der Waals surface area contributed by atoms with E-state index in [4.69, 9.17) is 28.3 Å². The van der Waals surface area contributed by atoms with E-state index in [0.717, 1.165) is 23.3 Å². The summed E-state index contributed by atoms with van der Waals surface area (Å²) < 4.78 is 4.79. The van der Waals surface area contributed by atoms with Crippen LogP contribution in [-0.2, 0) is 0 Å². The number of halogens is 4. The van der Waals surface area contributed by atoms with Gasteiger partial charge < -0.3 is 0 Å². The molecule has 1 aliphatic carbocycles. The summed E-state index contributed by atoms with van der Waals surface area (Å²) in [6.07, 6.45) is 7.96. The standard InChI is InChI=1S/C21H20Br2Cl2N4OSe/c22-17-7-6-16(31-17)20-18(23)19(26-29(20)15-5-4-13(24)8-14(15)25)21(30)27-28-9-11-2-1-3-12(11)10-28/h4-8,11-12H,1-3,9-10,31H2,(H,27,30). The van der Waals surface area contributed by atoms with E-state index in [1.807, 2.05) is 6.07 Å². The molecule has 3 heterocycles. The summed E-state index contributed by atoms with van der Waals surface area (Å²) in [6.45, 7) is 1.83. The van der Waals surface area contributed by atoms with E-state index in [9.17, 15) is 4.79 Å². The number of amides is 1. The molecule has 164 valence electrons. The molecule has 1 saturated heterocycles. The molecule has 0 bridgehead atoms. The second kappa shape index (κ2) is 8.98. The van der Waals surface area contributed by atoms with Gasteiger partial charge in [0.05, 0.1) is 0 Å². The topological polar surface area (TPSA) is 50.2 Å². The van der Waals surface area contributed by atoms with E-state index in [1.165, 1.54) is 22.6 Å². The number of rotatable bonds is 4. The molecule has 2 fully saturated rings. The molecule has 1 N–H and O–H groups in total. The number of carbonyl (C=O) groups excluding carboxylic acids is 1. The summed E-state index contributed by atoms with van der Waals surface area (Å²) in [5.41, 5.74) is 4.98. The third-order valence-corrected chi connectivity index (χ3v) is 10.9. The van der Waals surface area contributed by atoms with Crippen LogP contribution in [0.15, 0.2) is 38.2 Å². The van der Waals surface area contributed by atoms with Gasteiger partial charge in [-0.25, -0.2) is 0 Å². The zero-order valence-electron chi connectivity index (χ0n) is 16.3. The number of hydrazine groups is 1. The molecule has 1 aromatic heterocycles. The number of nitrogens with one attached hydrogen (secondary N) is 1. The van der Waals surface area contributed by atoms with Crippen molar-refractivity contribution >= 4 is 80.4 Å². The third kappa shape index (κ3) is 4.33. The van der Waals surface area contributed by atoms with Gasteiger partial charge >= 0.3 is 215 Å². The molecule has 1 aromatic carbocycles. The van der Waals surface area contributed by atoms with E-state index in [2.05, 4.69) is 54.4 Å². The van der Waals surface area contributed by atoms with Gasteiger partial charge in [0.2, 0.25) is 0 Å². The van der Waals surface area contributed by atoms with Crippen molar-refractivity contribution in [3.8, 4) is 5.69 Å². The van der Waals surface area contributed by atoms with Gasteiger partial charge in [0.25, 0.3) is 0 Å². The number of carbonyl (C=O) groups is 1. The van der Waals surface area contributed by atoms with Crippen LogP contribution in [0.25, 0.3) is 10.2 Å². The fraction of sp³-hybridized carbons (Fsp3) is 0.333. The molecule has 3 aliphatic rings. The van der Waals surface area contributed by atoms with E-state index in [-0.39, 0.29) is 5.91 Å². The number of fused-ring (bicyclic) bond motifs is 1. The monoisotopic (exact) mass is 652 g/mol. The van der Waals surface area contributed by atoms with Crippen LogP contribution in [0.4, 0.5) is 0 Å². The Balaban J connectivity index is 1.49. The summed E-state index contributed by atoms with van der Waals surface area (Å²) in [5, 5.41) is 7.79. The second-order valence-corrected chi connectivity index (χ2v) is 14.8. The predicted molar refractivity (Wildman–Crippen MR) is 135 cm³/mol. The van der Waals surface area contributed by atoms with Gasteiger partial charge in [0.1, 0.15) is 0 Å². The minimum atomic E-state index is -0.549. The van der Waals surface area contributed by atoms with Gasteiger partial charge in [-0.15, -0.1) is 0 Å². The predicted octanol–water partition coefficient (Wildman–Crippen LogP) is 5.08. The van der Waals surface area contributed by atoms with E-state index in [1.54, 1.807) is 16.8 Å². The molecule has 2 atom stereocenters. The Morgan fingerprint density at radius 1 is 1.16 bits per heavy atom. The van der Waals surface area contributed by atoms with Gasteiger partial charge in [-0.3, -0.25) is 0 Å². The van der Waals surface area contributed by atoms with Gasteiger partial charge in [-0.1, -0.05) is 0 Å². The van der Waals surface area contributed by atoms with Crippen LogP contribution in [-0.4, -0.2) is 48.7 Å². The Morgan fingerprint density at radius 2 is 1.90 bits per heavy atom. The number of allylic oxidation sites excluding steroid dienone is 2. The first-order valence-corrected chi connectivity index (χ1v) is 14.5. The average Bonchev–Trinajstić information content (AvgIpc) is 3.46. The van der Waals surface area contributed by atoms with E-state index < -0.39 is 15.0 Å². The van der Waals surface area contributed by atoms with Crippen molar-refractivity contribution in [2.24, 2.45) is 11.8 Å². The third-order valence-electron chi connectivity index (χ3n) is 6.07. The maximum atomic E-state index is 13.2. The summed E-state index contributed by atoms with van der Waals surface area (Å²) in [5.74, 6) is 1.19. The molecule has 0 spiro atoms. The zero-order chi connectivity index (χ0) is 21.7. The molecule has 5 nitrogen and oxygen atoms in total. The van der Waals surface area contributed by atoms with Crippen LogP contribution in [0.5, 0.6) is 0 Å². The molecular weight excluding hydrogens is 634 g/mol. The van der Waals surface area contributed by atoms with Crippen LogP contribution in [0.3, 0.4) is 0 Å². The first kappa shape index (κ1) is 22.2. The molecule has 10 heteroatoms. The summed E-state index contributed by atoms with van der Waals surface area (Å²) in [7, 11) is 0. The molecule has 2 aromatic rings. The van der Waals surface area contributed by atoms with Crippen molar-refractivity contribution in [2.75, 3.05) is 13.1 Å². The number of benzene rings is 1. The van der Waals surface area contributed by atoms with Crippen LogP contribution >= 0.6 is 55.1 Å². The SMILES string of the molecule is O=C(NN1CC2CCCC2C1)c1nn(-c2ccc(Cl)cc2Cl)c(C2=CC=C(Br)[SeH2]2)c1Br. The zero-order valence-corrected chi connectivity index (χ0v) is 23.1. The second-order valence-electron chi connectivity index (χ2n) is 8.04. The quantitative estimate of drug-likeness (QED) is 0.469. The molecule has 1 saturated carbocycles. The Bertz CT molecular complexity index is 1120. The van der Waals surface area contributed by atoms with Crippen molar-refractivity contribution in [2.45, 2.75) is 19.3 Å². The normalized spacial score (nSPS) is 24.4. The summed E-state index contributed by atoms with van der Waals surface area (Å²) in [6, 6.07) is 5.29. The molecule has 1 amide bonds. The van der Waals surface area contributed by atoms with E-state index in [0.29, 0.717) is 37.7 Å². The number of hydrogen-bond acceptors (Lipinski definition) is 3. The Labute approximate surface area is 213 Å². The minimum absolute atomic E-state index is 0.206. The fourth-order valence-electron chi connectivity index (χ4n) is 4.63. The molecule has 31 heavy (non-hydrogen) atoms. The Kier molecular flexibility index (Phi) is 6.43. The molecule has 5 rings (SSSR count). The maximum absolute atomic E-state index is 13.2. The number of hydrogen-bond donors (Lipinski definition) is 1. The van der Waals surface area contributed by atoms with Gasteiger partial charge in [-0.2, -0.15) is 0 Å². The first-order chi connectivity index (χ1) is 14.9. The average molecular weight is 654 g/mol. The van der Waals surface area contributed by atoms with Crippen molar-refractivity contribution in [1.29, 1.82) is 0 Å².